The van der Waals surface area contributed by atoms with Gasteiger partial charge in [-0.05, 0) is 30.2 Å². The van der Waals surface area contributed by atoms with E-state index in [1.54, 1.807) is 18.2 Å². The Balaban J connectivity index is 1.87. The second-order valence-electron chi connectivity index (χ2n) is 5.65. The summed E-state index contributed by atoms with van der Waals surface area (Å²) in [5, 5.41) is 1.08. The predicted octanol–water partition coefficient (Wildman–Crippen LogP) is 4.82. The van der Waals surface area contributed by atoms with E-state index in [0.717, 1.165) is 12.0 Å². The SMILES string of the molecule is CCC[C@@H](C(=O)NNC(=O)CSc1cc(Cl)ccc1Cl)c1ccccc1. The molecule has 0 heterocycles. The number of halogens is 2. The van der Waals surface area contributed by atoms with Gasteiger partial charge >= 0.3 is 0 Å². The van der Waals surface area contributed by atoms with Crippen molar-refractivity contribution in [2.45, 2.75) is 30.6 Å². The summed E-state index contributed by atoms with van der Waals surface area (Å²) in [6.45, 7) is 2.02. The number of hydrogen-bond acceptors (Lipinski definition) is 3. The van der Waals surface area contributed by atoms with Crippen LogP contribution in [0.2, 0.25) is 10.0 Å². The minimum Gasteiger partial charge on any atom is -0.273 e. The lowest BCUT2D eigenvalue weighted by Gasteiger charge is -2.17. The molecule has 7 heteroatoms. The number of benzene rings is 2. The van der Waals surface area contributed by atoms with E-state index in [9.17, 15) is 9.59 Å². The highest BCUT2D eigenvalue weighted by molar-refractivity contribution is 8.00. The van der Waals surface area contributed by atoms with Crippen molar-refractivity contribution in [3.63, 3.8) is 0 Å². The molecule has 0 spiro atoms. The molecule has 2 N–H and O–H groups in total. The zero-order chi connectivity index (χ0) is 18.9. The Labute approximate surface area is 167 Å². The number of hydrazine groups is 1. The van der Waals surface area contributed by atoms with Crippen LogP contribution in [0, 0.1) is 0 Å². The summed E-state index contributed by atoms with van der Waals surface area (Å²) in [5.74, 6) is -0.721. The van der Waals surface area contributed by atoms with Gasteiger partial charge in [0, 0.05) is 9.92 Å². The standard InChI is InChI=1S/C19H20Cl2N2O2S/c1-2-6-15(13-7-4-3-5-8-13)19(25)23-22-18(24)12-26-17-11-14(20)9-10-16(17)21/h3-5,7-11,15H,2,6,12H2,1H3,(H,22,24)(H,23,25)/t15-/m1/s1. The molecule has 0 bridgehead atoms. The van der Waals surface area contributed by atoms with Crippen molar-refractivity contribution in [3.8, 4) is 0 Å². The Bertz CT molecular complexity index is 756. The molecular formula is C19H20Cl2N2O2S. The zero-order valence-electron chi connectivity index (χ0n) is 14.3. The quantitative estimate of drug-likeness (QED) is 0.508. The molecule has 0 aliphatic heterocycles. The van der Waals surface area contributed by atoms with Gasteiger partial charge in [0.25, 0.3) is 0 Å². The van der Waals surface area contributed by atoms with Gasteiger partial charge in [0.2, 0.25) is 11.8 Å². The predicted molar refractivity (Wildman–Crippen MR) is 108 cm³/mol. The summed E-state index contributed by atoms with van der Waals surface area (Å²) in [6.07, 6.45) is 1.57. The number of carbonyl (C=O) groups is 2. The molecule has 2 rings (SSSR count). The molecule has 2 amide bonds. The Morgan fingerprint density at radius 2 is 1.81 bits per heavy atom. The second-order valence-corrected chi connectivity index (χ2v) is 7.51. The Hall–Kier alpha value is -1.69. The summed E-state index contributed by atoms with van der Waals surface area (Å²) in [4.78, 5) is 25.2. The summed E-state index contributed by atoms with van der Waals surface area (Å²) >= 11 is 13.3. The van der Waals surface area contributed by atoms with Crippen LogP contribution in [0.1, 0.15) is 31.2 Å². The van der Waals surface area contributed by atoms with Crippen LogP contribution in [0.15, 0.2) is 53.4 Å². The molecular weight excluding hydrogens is 391 g/mol. The van der Waals surface area contributed by atoms with Gasteiger partial charge in [0.05, 0.1) is 16.7 Å². The van der Waals surface area contributed by atoms with Gasteiger partial charge in [0.1, 0.15) is 0 Å². The van der Waals surface area contributed by atoms with E-state index < -0.39 is 0 Å². The summed E-state index contributed by atoms with van der Waals surface area (Å²) in [7, 11) is 0. The number of amides is 2. The molecule has 0 fully saturated rings. The molecule has 0 saturated heterocycles. The maximum absolute atomic E-state index is 12.4. The van der Waals surface area contributed by atoms with Crippen molar-refractivity contribution in [2.24, 2.45) is 0 Å². The van der Waals surface area contributed by atoms with Crippen LogP contribution >= 0.6 is 35.0 Å². The average Bonchev–Trinajstić information content (AvgIpc) is 2.65. The third-order valence-electron chi connectivity index (χ3n) is 3.67. The normalized spacial score (nSPS) is 11.7. The molecule has 0 unspecified atom stereocenters. The average molecular weight is 411 g/mol. The lowest BCUT2D eigenvalue weighted by atomic mass is 9.94. The van der Waals surface area contributed by atoms with Crippen molar-refractivity contribution >= 4 is 46.8 Å². The monoisotopic (exact) mass is 410 g/mol. The Kier molecular flexibility index (Phi) is 8.29. The third-order valence-corrected chi connectivity index (χ3v) is 5.40. The number of rotatable bonds is 7. The molecule has 4 nitrogen and oxygen atoms in total. The van der Waals surface area contributed by atoms with Gasteiger partial charge in [-0.25, -0.2) is 0 Å². The van der Waals surface area contributed by atoms with Gasteiger partial charge in [0.15, 0.2) is 0 Å². The van der Waals surface area contributed by atoms with Gasteiger partial charge in [-0.3, -0.25) is 20.4 Å². The van der Waals surface area contributed by atoms with Crippen LogP contribution in [0.3, 0.4) is 0 Å². The van der Waals surface area contributed by atoms with E-state index in [-0.39, 0.29) is 23.5 Å². The molecule has 0 aliphatic carbocycles. The topological polar surface area (TPSA) is 58.2 Å². The molecule has 26 heavy (non-hydrogen) atoms. The maximum Gasteiger partial charge on any atom is 0.248 e. The van der Waals surface area contributed by atoms with Crippen LogP contribution < -0.4 is 10.9 Å². The van der Waals surface area contributed by atoms with Crippen molar-refractivity contribution in [1.82, 2.24) is 10.9 Å². The first kappa shape index (κ1) is 20.6. The fraction of sp³-hybridized carbons (Fsp3) is 0.263. The Morgan fingerprint density at radius 1 is 1.08 bits per heavy atom. The molecule has 138 valence electrons. The van der Waals surface area contributed by atoms with E-state index in [1.165, 1.54) is 11.8 Å². The smallest absolute Gasteiger partial charge is 0.248 e. The number of nitrogens with one attached hydrogen (secondary N) is 2. The second kappa shape index (κ2) is 10.5. The number of carbonyl (C=O) groups excluding carboxylic acids is 2. The third kappa shape index (κ3) is 6.24. The molecule has 1 atom stereocenters. The van der Waals surface area contributed by atoms with Crippen LogP contribution in [-0.2, 0) is 9.59 Å². The van der Waals surface area contributed by atoms with Gasteiger partial charge in [-0.1, -0.05) is 66.9 Å². The number of thioether (sulfide) groups is 1. The minimum atomic E-state index is -0.317. The van der Waals surface area contributed by atoms with Crippen molar-refractivity contribution < 1.29 is 9.59 Å². The van der Waals surface area contributed by atoms with Crippen LogP contribution in [0.4, 0.5) is 0 Å². The largest absolute Gasteiger partial charge is 0.273 e. The molecule has 0 saturated carbocycles. The van der Waals surface area contributed by atoms with E-state index in [0.29, 0.717) is 21.4 Å². The highest BCUT2D eigenvalue weighted by Gasteiger charge is 2.20. The van der Waals surface area contributed by atoms with Gasteiger partial charge in [-0.2, -0.15) is 0 Å². The van der Waals surface area contributed by atoms with E-state index in [4.69, 9.17) is 23.2 Å². The van der Waals surface area contributed by atoms with Crippen molar-refractivity contribution in [3.05, 3.63) is 64.1 Å². The van der Waals surface area contributed by atoms with Crippen molar-refractivity contribution in [1.29, 1.82) is 0 Å². The fourth-order valence-electron chi connectivity index (χ4n) is 2.41. The first-order valence-corrected chi connectivity index (χ1v) is 9.97. The fourth-order valence-corrected chi connectivity index (χ4v) is 3.70. The summed E-state index contributed by atoms with van der Waals surface area (Å²) < 4.78 is 0. The van der Waals surface area contributed by atoms with E-state index in [1.807, 2.05) is 37.3 Å². The van der Waals surface area contributed by atoms with E-state index in [2.05, 4.69) is 10.9 Å². The number of hydrogen-bond donors (Lipinski definition) is 2. The molecule has 0 radical (unpaired) electrons. The van der Waals surface area contributed by atoms with Gasteiger partial charge < -0.3 is 0 Å². The lowest BCUT2D eigenvalue weighted by Crippen LogP contribution is -2.44. The Morgan fingerprint density at radius 3 is 2.50 bits per heavy atom. The maximum atomic E-state index is 12.4. The highest BCUT2D eigenvalue weighted by atomic mass is 35.5. The van der Waals surface area contributed by atoms with Crippen molar-refractivity contribution in [2.75, 3.05) is 5.75 Å². The molecule has 2 aromatic rings. The lowest BCUT2D eigenvalue weighted by molar-refractivity contribution is -0.128. The summed E-state index contributed by atoms with van der Waals surface area (Å²) in [5.41, 5.74) is 5.91. The van der Waals surface area contributed by atoms with Crippen LogP contribution in [-0.4, -0.2) is 17.6 Å². The van der Waals surface area contributed by atoms with Crippen LogP contribution in [0.25, 0.3) is 0 Å². The minimum absolute atomic E-state index is 0.115. The van der Waals surface area contributed by atoms with Gasteiger partial charge in [-0.15, -0.1) is 11.8 Å². The molecule has 0 aliphatic rings. The first-order valence-electron chi connectivity index (χ1n) is 8.22. The zero-order valence-corrected chi connectivity index (χ0v) is 16.6. The summed E-state index contributed by atoms with van der Waals surface area (Å²) in [6, 6.07) is 14.6. The molecule has 0 aromatic heterocycles. The first-order chi connectivity index (χ1) is 12.5. The molecule has 2 aromatic carbocycles. The van der Waals surface area contributed by atoms with E-state index >= 15 is 0 Å². The van der Waals surface area contributed by atoms with Crippen LogP contribution in [0.5, 0.6) is 0 Å². The highest BCUT2D eigenvalue weighted by Crippen LogP contribution is 2.29.